The number of rotatable bonds is 10. The first kappa shape index (κ1) is 30.7. The lowest BCUT2D eigenvalue weighted by Crippen LogP contribution is -2.42. The highest BCUT2D eigenvalue weighted by molar-refractivity contribution is 5.82. The molecule has 1 aliphatic rings. The number of nitrogens with zero attached hydrogens (tertiary/aromatic N) is 2. The number of benzene rings is 4. The third kappa shape index (κ3) is 5.88. The van der Waals surface area contributed by atoms with Crippen LogP contribution in [0.5, 0.6) is 0 Å². The number of esters is 2. The van der Waals surface area contributed by atoms with Crippen LogP contribution in [0.3, 0.4) is 0 Å². The van der Waals surface area contributed by atoms with E-state index in [4.69, 9.17) is 18.9 Å². The molecular weight excluding hydrogens is 588 g/mol. The molecule has 0 bridgehead atoms. The van der Waals surface area contributed by atoms with E-state index in [0.29, 0.717) is 10.9 Å². The van der Waals surface area contributed by atoms with Crippen molar-refractivity contribution in [2.24, 2.45) is 0 Å². The van der Waals surface area contributed by atoms with Crippen LogP contribution in [-0.4, -0.2) is 46.3 Å². The Morgan fingerprint density at radius 3 is 1.80 bits per heavy atom. The smallest absolute Gasteiger partial charge is 0.303 e. The molecular formula is C36H32N2O8. The maximum atomic E-state index is 12.4. The summed E-state index contributed by atoms with van der Waals surface area (Å²) in [5.41, 5.74) is 2.10. The fourth-order valence-corrected chi connectivity index (χ4v) is 6.18. The molecule has 46 heavy (non-hydrogen) atoms. The van der Waals surface area contributed by atoms with Gasteiger partial charge in [-0.15, -0.1) is 0 Å². The summed E-state index contributed by atoms with van der Waals surface area (Å²) in [5, 5.41) is 12.0. The van der Waals surface area contributed by atoms with Gasteiger partial charge < -0.3 is 23.5 Å². The topological polar surface area (TPSA) is 119 Å². The van der Waals surface area contributed by atoms with E-state index < -0.39 is 47.0 Å². The first-order valence-corrected chi connectivity index (χ1v) is 14.8. The second-order valence-corrected chi connectivity index (χ2v) is 11.0. The van der Waals surface area contributed by atoms with Crippen LogP contribution in [-0.2, 0) is 34.1 Å². The third-order valence-corrected chi connectivity index (χ3v) is 8.08. The number of nitro benzene ring substituents is 1. The predicted molar refractivity (Wildman–Crippen MR) is 169 cm³/mol. The molecule has 0 radical (unpaired) electrons. The Labute approximate surface area is 265 Å². The number of fused-ring (bicyclic) bond motifs is 1. The molecule has 2 heterocycles. The summed E-state index contributed by atoms with van der Waals surface area (Å²) in [6.07, 6.45) is -2.17. The normalized spacial score (nSPS) is 19.5. The fraction of sp³-hybridized carbons (Fsp3) is 0.222. The second-order valence-electron chi connectivity index (χ2n) is 11.0. The summed E-state index contributed by atoms with van der Waals surface area (Å²) in [6.45, 7) is 2.49. The van der Waals surface area contributed by atoms with E-state index in [0.717, 1.165) is 16.7 Å². The Hall–Kier alpha value is -5.32. The molecule has 10 nitrogen and oxygen atoms in total. The quantitative estimate of drug-likeness (QED) is 0.0770. The molecule has 4 atom stereocenters. The van der Waals surface area contributed by atoms with Gasteiger partial charge in [-0.25, -0.2) is 0 Å². The molecule has 234 valence electrons. The van der Waals surface area contributed by atoms with Gasteiger partial charge in [0.25, 0.3) is 5.69 Å². The van der Waals surface area contributed by atoms with Crippen molar-refractivity contribution in [3.63, 3.8) is 0 Å². The highest BCUT2D eigenvalue weighted by Gasteiger charge is 2.51. The summed E-state index contributed by atoms with van der Waals surface area (Å²) in [6, 6.07) is 35.6. The summed E-state index contributed by atoms with van der Waals surface area (Å²) in [7, 11) is 0. The van der Waals surface area contributed by atoms with E-state index in [1.165, 1.54) is 26.0 Å². The third-order valence-electron chi connectivity index (χ3n) is 8.08. The van der Waals surface area contributed by atoms with Crippen LogP contribution in [0.2, 0.25) is 0 Å². The Kier molecular flexibility index (Phi) is 8.65. The number of ether oxygens (including phenoxy) is 4. The number of nitro groups is 1. The minimum atomic E-state index is -1.08. The molecule has 1 aromatic heterocycles. The lowest BCUT2D eigenvalue weighted by Gasteiger charge is -2.37. The number of hydrogen-bond donors (Lipinski definition) is 0. The van der Waals surface area contributed by atoms with Crippen LogP contribution in [0.4, 0.5) is 5.69 Å². The maximum Gasteiger partial charge on any atom is 0.303 e. The largest absolute Gasteiger partial charge is 0.456 e. The van der Waals surface area contributed by atoms with Gasteiger partial charge in [0, 0.05) is 37.6 Å². The number of carbonyl (C=O) groups excluding carboxylic acids is 2. The lowest BCUT2D eigenvalue weighted by atomic mass is 9.80. The summed E-state index contributed by atoms with van der Waals surface area (Å²) in [4.78, 5) is 35.7. The van der Waals surface area contributed by atoms with Crippen molar-refractivity contribution in [2.75, 3.05) is 6.61 Å². The zero-order chi connectivity index (χ0) is 32.3. The van der Waals surface area contributed by atoms with Crippen molar-refractivity contribution in [2.45, 2.75) is 44.0 Å². The van der Waals surface area contributed by atoms with Gasteiger partial charge in [0.1, 0.15) is 11.7 Å². The molecule has 5 aromatic rings. The van der Waals surface area contributed by atoms with Crippen LogP contribution in [0.25, 0.3) is 10.9 Å². The Balaban J connectivity index is 1.43. The SMILES string of the molecule is CC(=O)O[C@@H]1[C@H](OC(C)=O)[C@@H](COC(c2ccccc2)(c2ccccc2)c2ccccc2)O[C@H]1n1ccc2cc([N+](=O)[O-])ccc21. The molecule has 0 spiro atoms. The molecule has 0 amide bonds. The number of carbonyl (C=O) groups is 2. The van der Waals surface area contributed by atoms with Crippen molar-refractivity contribution in [1.29, 1.82) is 0 Å². The Morgan fingerprint density at radius 1 is 0.783 bits per heavy atom. The molecule has 0 N–H and O–H groups in total. The second kappa shape index (κ2) is 13.0. The van der Waals surface area contributed by atoms with Gasteiger partial charge in [0.15, 0.2) is 18.4 Å². The molecule has 10 heteroatoms. The zero-order valence-electron chi connectivity index (χ0n) is 25.2. The molecule has 1 fully saturated rings. The average molecular weight is 621 g/mol. The highest BCUT2D eigenvalue weighted by Crippen LogP contribution is 2.43. The molecule has 1 saturated heterocycles. The van der Waals surface area contributed by atoms with Gasteiger partial charge in [0.2, 0.25) is 0 Å². The fourth-order valence-electron chi connectivity index (χ4n) is 6.18. The van der Waals surface area contributed by atoms with E-state index >= 15 is 0 Å². The monoisotopic (exact) mass is 620 g/mol. The number of aromatic nitrogens is 1. The van der Waals surface area contributed by atoms with E-state index in [-0.39, 0.29) is 12.3 Å². The Morgan fingerprint density at radius 2 is 1.30 bits per heavy atom. The lowest BCUT2D eigenvalue weighted by molar-refractivity contribution is -0.384. The molecule has 4 aromatic carbocycles. The van der Waals surface area contributed by atoms with Crippen molar-refractivity contribution < 1.29 is 33.5 Å². The van der Waals surface area contributed by atoms with Gasteiger partial charge >= 0.3 is 11.9 Å². The van der Waals surface area contributed by atoms with Crippen molar-refractivity contribution in [3.8, 4) is 0 Å². The minimum absolute atomic E-state index is 0.0581. The Bertz CT molecular complexity index is 1750. The summed E-state index contributed by atoms with van der Waals surface area (Å²) >= 11 is 0. The van der Waals surface area contributed by atoms with Crippen LogP contribution < -0.4 is 0 Å². The maximum absolute atomic E-state index is 12.4. The number of non-ortho nitro benzene ring substituents is 1. The van der Waals surface area contributed by atoms with Crippen molar-refractivity contribution >= 4 is 28.5 Å². The molecule has 1 aliphatic heterocycles. The summed E-state index contributed by atoms with van der Waals surface area (Å²) < 4.78 is 26.8. The minimum Gasteiger partial charge on any atom is -0.456 e. The average Bonchev–Trinajstić information content (AvgIpc) is 3.63. The van der Waals surface area contributed by atoms with Crippen LogP contribution >= 0.6 is 0 Å². The predicted octanol–water partition coefficient (Wildman–Crippen LogP) is 6.32. The van der Waals surface area contributed by atoms with Gasteiger partial charge in [-0.3, -0.25) is 19.7 Å². The van der Waals surface area contributed by atoms with Crippen molar-refractivity contribution in [3.05, 3.63) is 148 Å². The molecule has 6 rings (SSSR count). The van der Waals surface area contributed by atoms with Gasteiger partial charge in [-0.1, -0.05) is 91.0 Å². The van der Waals surface area contributed by atoms with E-state index in [1.54, 1.807) is 22.9 Å². The van der Waals surface area contributed by atoms with E-state index in [1.807, 2.05) is 91.0 Å². The number of hydrogen-bond acceptors (Lipinski definition) is 8. The van der Waals surface area contributed by atoms with E-state index in [2.05, 4.69) is 0 Å². The van der Waals surface area contributed by atoms with Crippen LogP contribution in [0, 0.1) is 10.1 Å². The first-order valence-electron chi connectivity index (χ1n) is 14.8. The van der Waals surface area contributed by atoms with Crippen molar-refractivity contribution in [1.82, 2.24) is 4.57 Å². The zero-order valence-corrected chi connectivity index (χ0v) is 25.2. The van der Waals surface area contributed by atoms with Gasteiger partial charge in [0.05, 0.1) is 17.0 Å². The van der Waals surface area contributed by atoms with Gasteiger partial charge in [-0.05, 0) is 28.8 Å². The summed E-state index contributed by atoms with van der Waals surface area (Å²) in [5.74, 6) is -1.17. The molecule has 0 unspecified atom stereocenters. The highest BCUT2D eigenvalue weighted by atomic mass is 16.7. The van der Waals surface area contributed by atoms with Crippen LogP contribution in [0.15, 0.2) is 121 Å². The molecule has 0 saturated carbocycles. The first-order chi connectivity index (χ1) is 22.3. The van der Waals surface area contributed by atoms with Gasteiger partial charge in [-0.2, -0.15) is 0 Å². The van der Waals surface area contributed by atoms with E-state index in [9.17, 15) is 19.7 Å². The standard InChI is InChI=1S/C36H32N2O8/c1-24(39)44-33-32(46-35(34(33)45-25(2)40)37-21-20-26-22-30(38(41)42)18-19-31(26)37)23-43-36(27-12-6-3-7-13-27,28-14-8-4-9-15-28)29-16-10-5-11-17-29/h3-22,32-35H,23H2,1-2H3/t32-,33-,34-,35-/m1/s1. The molecule has 0 aliphatic carbocycles. The van der Waals surface area contributed by atoms with Crippen LogP contribution in [0.1, 0.15) is 36.8 Å².